The molecule has 1 saturated heterocycles. The van der Waals surface area contributed by atoms with Crippen LogP contribution in [-0.2, 0) is 17.8 Å². The second-order valence-electron chi connectivity index (χ2n) is 7.32. The zero-order chi connectivity index (χ0) is 23.4. The van der Waals surface area contributed by atoms with Crippen LogP contribution in [0.5, 0.6) is 0 Å². The van der Waals surface area contributed by atoms with Gasteiger partial charge in [0.25, 0.3) is 5.91 Å². The topological polar surface area (TPSA) is 89.2 Å². The first kappa shape index (κ1) is 23.7. The van der Waals surface area contributed by atoms with Gasteiger partial charge in [-0.2, -0.15) is 10.2 Å². The van der Waals surface area contributed by atoms with Crippen LogP contribution < -0.4 is 10.6 Å². The molecule has 12 heteroatoms. The number of hydrogen-bond acceptors (Lipinski definition) is 5. The summed E-state index contributed by atoms with van der Waals surface area (Å²) in [6, 6.07) is 7.63. The van der Waals surface area contributed by atoms with E-state index in [0.717, 1.165) is 10.0 Å². The lowest BCUT2D eigenvalue weighted by atomic mass is 10.2. The molecule has 0 atom stereocenters. The third-order valence-electron chi connectivity index (χ3n) is 5.13. The Hall–Kier alpha value is -2.47. The minimum atomic E-state index is -0.104. The number of amides is 1. The van der Waals surface area contributed by atoms with E-state index in [1.165, 1.54) is 0 Å². The normalized spacial score (nSPS) is 13.7. The van der Waals surface area contributed by atoms with Crippen LogP contribution in [0.4, 0.5) is 11.5 Å². The zero-order valence-electron chi connectivity index (χ0n) is 17.9. The van der Waals surface area contributed by atoms with E-state index in [-0.39, 0.29) is 5.91 Å². The van der Waals surface area contributed by atoms with Gasteiger partial charge in [0.15, 0.2) is 10.9 Å². The van der Waals surface area contributed by atoms with Crippen molar-refractivity contribution in [1.82, 2.24) is 24.5 Å². The maximum Gasteiger partial charge on any atom is 0.274 e. The van der Waals surface area contributed by atoms with Crippen LogP contribution in [-0.4, -0.2) is 61.8 Å². The van der Waals surface area contributed by atoms with Crippen LogP contribution in [0.1, 0.15) is 23.0 Å². The van der Waals surface area contributed by atoms with Crippen LogP contribution in [0, 0.1) is 0 Å². The molecule has 4 rings (SSSR count). The van der Waals surface area contributed by atoms with E-state index in [4.69, 9.17) is 28.6 Å². The number of aromatic nitrogens is 4. The molecule has 1 amide bonds. The molecule has 0 aliphatic carbocycles. The first-order valence-electron chi connectivity index (χ1n) is 10.4. The third-order valence-corrected chi connectivity index (χ3v) is 6.28. The summed E-state index contributed by atoms with van der Waals surface area (Å²) in [5.41, 5.74) is 1.96. The number of hydrogen-bond donors (Lipinski definition) is 2. The van der Waals surface area contributed by atoms with Crippen molar-refractivity contribution >= 4 is 62.3 Å². The molecule has 9 nitrogen and oxygen atoms in total. The summed E-state index contributed by atoms with van der Waals surface area (Å²) in [6.07, 6.45) is 3.45. The number of benzene rings is 1. The van der Waals surface area contributed by atoms with Gasteiger partial charge in [0, 0.05) is 30.9 Å². The van der Waals surface area contributed by atoms with Gasteiger partial charge in [-0.25, -0.2) is 0 Å². The van der Waals surface area contributed by atoms with E-state index >= 15 is 0 Å². The molecule has 1 aromatic carbocycles. The van der Waals surface area contributed by atoms with Gasteiger partial charge in [0.1, 0.15) is 5.69 Å². The highest BCUT2D eigenvalue weighted by atomic mass is 79.9. The van der Waals surface area contributed by atoms with Crippen LogP contribution in [0.25, 0.3) is 0 Å². The molecular formula is C21H23BrClN7O2S. The number of nitrogens with zero attached hydrogens (tertiary/aromatic N) is 5. The Morgan fingerprint density at radius 1 is 1.27 bits per heavy atom. The van der Waals surface area contributed by atoms with Crippen LogP contribution in [0.2, 0.25) is 5.02 Å². The Kier molecular flexibility index (Phi) is 7.63. The van der Waals surface area contributed by atoms with Crippen molar-refractivity contribution in [3.05, 3.63) is 57.4 Å². The molecule has 0 saturated carbocycles. The second-order valence-corrected chi connectivity index (χ2v) is 8.99. The molecule has 0 radical (unpaired) electrons. The minimum Gasteiger partial charge on any atom is -0.378 e. The highest BCUT2D eigenvalue weighted by molar-refractivity contribution is 9.10. The van der Waals surface area contributed by atoms with E-state index in [2.05, 4.69) is 36.8 Å². The molecule has 3 heterocycles. The summed E-state index contributed by atoms with van der Waals surface area (Å²) in [6.45, 7) is 5.16. The largest absolute Gasteiger partial charge is 0.378 e. The molecular weight excluding hydrogens is 530 g/mol. The number of aryl methyl sites for hydroxylation is 1. The van der Waals surface area contributed by atoms with E-state index < -0.39 is 0 Å². The average molecular weight is 553 g/mol. The summed E-state index contributed by atoms with van der Waals surface area (Å²) >= 11 is 15.3. The highest BCUT2D eigenvalue weighted by Crippen LogP contribution is 2.24. The van der Waals surface area contributed by atoms with Gasteiger partial charge in [0.05, 0.1) is 36.1 Å². The summed E-state index contributed by atoms with van der Waals surface area (Å²) < 4.78 is 9.53. The molecule has 2 N–H and O–H groups in total. The van der Waals surface area contributed by atoms with Crippen molar-refractivity contribution < 1.29 is 9.53 Å². The summed E-state index contributed by atoms with van der Waals surface area (Å²) in [4.78, 5) is 14.9. The molecule has 3 aromatic rings. The predicted molar refractivity (Wildman–Crippen MR) is 135 cm³/mol. The minimum absolute atomic E-state index is 0.104. The number of rotatable bonds is 6. The number of anilines is 2. The van der Waals surface area contributed by atoms with Gasteiger partial charge < -0.3 is 20.3 Å². The number of carbonyl (C=O) groups is 1. The van der Waals surface area contributed by atoms with Crippen molar-refractivity contribution in [2.45, 2.75) is 20.0 Å². The number of ether oxygens (including phenoxy) is 1. The monoisotopic (exact) mass is 551 g/mol. The molecule has 0 bridgehead atoms. The number of carbonyl (C=O) groups excluding carboxylic acids is 1. The molecule has 174 valence electrons. The summed E-state index contributed by atoms with van der Waals surface area (Å²) in [5, 5.41) is 16.0. The Morgan fingerprint density at radius 2 is 2.03 bits per heavy atom. The van der Waals surface area contributed by atoms with Gasteiger partial charge in [-0.3, -0.25) is 14.2 Å². The molecule has 1 aliphatic rings. The summed E-state index contributed by atoms with van der Waals surface area (Å²) in [5.74, 6) is 0.441. The first-order chi connectivity index (χ1) is 16.0. The van der Waals surface area contributed by atoms with Crippen molar-refractivity contribution in [2.24, 2.45) is 0 Å². The van der Waals surface area contributed by atoms with Gasteiger partial charge >= 0.3 is 0 Å². The predicted octanol–water partition coefficient (Wildman–Crippen LogP) is 3.85. The lowest BCUT2D eigenvalue weighted by molar-refractivity contribution is 0.0295. The SMILES string of the molecule is CCn1ncc(NC(=S)Nc2nn(Cc3ccccc3Cl)cc2Br)c1C(=O)N1CCOCC1. The molecule has 33 heavy (non-hydrogen) atoms. The van der Waals surface area contributed by atoms with Crippen LogP contribution in [0.3, 0.4) is 0 Å². The van der Waals surface area contributed by atoms with Crippen LogP contribution in [0.15, 0.2) is 41.1 Å². The molecule has 2 aromatic heterocycles. The van der Waals surface area contributed by atoms with E-state index in [1.54, 1.807) is 20.5 Å². The maximum atomic E-state index is 13.1. The van der Waals surface area contributed by atoms with Crippen molar-refractivity contribution in [3.8, 4) is 0 Å². The van der Waals surface area contributed by atoms with Gasteiger partial charge in [0.2, 0.25) is 0 Å². The number of nitrogens with one attached hydrogen (secondary N) is 2. The number of halogens is 2. The summed E-state index contributed by atoms with van der Waals surface area (Å²) in [7, 11) is 0. The van der Waals surface area contributed by atoms with Crippen molar-refractivity contribution in [1.29, 1.82) is 0 Å². The Labute approximate surface area is 210 Å². The van der Waals surface area contributed by atoms with Crippen LogP contribution >= 0.6 is 39.7 Å². The number of thiocarbonyl (C=S) groups is 1. The maximum absolute atomic E-state index is 13.1. The molecule has 0 unspecified atom stereocenters. The number of morpholine rings is 1. The second kappa shape index (κ2) is 10.6. The van der Waals surface area contributed by atoms with Gasteiger partial charge in [-0.15, -0.1) is 0 Å². The van der Waals surface area contributed by atoms with Gasteiger partial charge in [-0.05, 0) is 46.7 Å². The molecule has 1 aliphatic heterocycles. The zero-order valence-corrected chi connectivity index (χ0v) is 21.1. The fourth-order valence-electron chi connectivity index (χ4n) is 3.48. The smallest absolute Gasteiger partial charge is 0.274 e. The van der Waals surface area contributed by atoms with Gasteiger partial charge in [-0.1, -0.05) is 29.8 Å². The van der Waals surface area contributed by atoms with E-state index in [9.17, 15) is 4.79 Å². The first-order valence-corrected chi connectivity index (χ1v) is 12.0. The van der Waals surface area contributed by atoms with Crippen molar-refractivity contribution in [2.75, 3.05) is 36.9 Å². The standard InChI is InChI=1S/C21H23BrClN7O2S/c1-2-30-18(20(31)28-7-9-32-10-8-28)17(11-24-30)25-21(33)26-19-15(22)13-29(27-19)12-14-5-3-4-6-16(14)23/h3-6,11,13H,2,7-10,12H2,1H3,(H2,25,26,27,33). The van der Waals surface area contributed by atoms with E-state index in [0.29, 0.717) is 66.7 Å². The third kappa shape index (κ3) is 5.55. The Bertz CT molecular complexity index is 1160. The molecule has 0 spiro atoms. The Morgan fingerprint density at radius 3 is 2.76 bits per heavy atom. The fraction of sp³-hybridized carbons (Fsp3) is 0.333. The van der Waals surface area contributed by atoms with Crippen molar-refractivity contribution in [3.63, 3.8) is 0 Å². The fourth-order valence-corrected chi connectivity index (χ4v) is 4.30. The lowest BCUT2D eigenvalue weighted by Crippen LogP contribution is -2.41. The highest BCUT2D eigenvalue weighted by Gasteiger charge is 2.25. The average Bonchev–Trinajstić information content (AvgIpc) is 3.37. The molecule has 1 fully saturated rings. The van der Waals surface area contributed by atoms with E-state index in [1.807, 2.05) is 37.4 Å². The quantitative estimate of drug-likeness (QED) is 0.449. The Balaban J connectivity index is 1.46. The lowest BCUT2D eigenvalue weighted by Gasteiger charge is -2.27.